The fourth-order valence-corrected chi connectivity index (χ4v) is 2.82. The SMILES string of the molecule is O=C(Cn1cccn1)N1CCC(c2nc(-c3ccccn3)no2)C1. The van der Waals surface area contributed by atoms with Crippen LogP contribution in [0.15, 0.2) is 47.4 Å². The van der Waals surface area contributed by atoms with Gasteiger partial charge in [0, 0.05) is 31.7 Å². The third-order valence-corrected chi connectivity index (χ3v) is 4.08. The molecular weight excluding hydrogens is 308 g/mol. The molecule has 0 aromatic carbocycles. The van der Waals surface area contributed by atoms with Crippen molar-refractivity contribution in [1.29, 1.82) is 0 Å². The summed E-state index contributed by atoms with van der Waals surface area (Å²) in [6, 6.07) is 7.36. The molecule has 3 aromatic rings. The minimum absolute atomic E-state index is 0.0469. The molecule has 8 nitrogen and oxygen atoms in total. The fraction of sp³-hybridized carbons (Fsp3) is 0.312. The number of carbonyl (C=O) groups excluding carboxylic acids is 1. The van der Waals surface area contributed by atoms with Gasteiger partial charge in [-0.2, -0.15) is 10.1 Å². The van der Waals surface area contributed by atoms with E-state index in [4.69, 9.17) is 4.52 Å². The zero-order valence-electron chi connectivity index (χ0n) is 12.9. The normalized spacial score (nSPS) is 17.3. The van der Waals surface area contributed by atoms with Gasteiger partial charge in [0.25, 0.3) is 0 Å². The van der Waals surface area contributed by atoms with Gasteiger partial charge in [-0.15, -0.1) is 0 Å². The van der Waals surface area contributed by atoms with E-state index in [2.05, 4.69) is 20.2 Å². The zero-order chi connectivity index (χ0) is 16.4. The molecular formula is C16H16N6O2. The number of likely N-dealkylation sites (tertiary alicyclic amines) is 1. The molecule has 0 N–H and O–H groups in total. The average Bonchev–Trinajstić information content (AvgIpc) is 3.36. The van der Waals surface area contributed by atoms with Crippen LogP contribution in [-0.2, 0) is 11.3 Å². The number of carbonyl (C=O) groups is 1. The van der Waals surface area contributed by atoms with Gasteiger partial charge in [-0.05, 0) is 24.6 Å². The molecule has 0 bridgehead atoms. The molecule has 1 atom stereocenters. The van der Waals surface area contributed by atoms with E-state index < -0.39 is 0 Å². The Balaban J connectivity index is 1.42. The van der Waals surface area contributed by atoms with Crippen molar-refractivity contribution in [3.8, 4) is 11.5 Å². The maximum atomic E-state index is 12.3. The molecule has 0 radical (unpaired) electrons. The van der Waals surface area contributed by atoms with Crippen molar-refractivity contribution in [2.24, 2.45) is 0 Å². The smallest absolute Gasteiger partial charge is 0.244 e. The highest BCUT2D eigenvalue weighted by Crippen LogP contribution is 2.27. The summed E-state index contributed by atoms with van der Waals surface area (Å²) < 4.78 is 7.01. The summed E-state index contributed by atoms with van der Waals surface area (Å²) in [5, 5.41) is 8.06. The molecule has 122 valence electrons. The number of aromatic nitrogens is 5. The molecule has 4 rings (SSSR count). The molecule has 1 unspecified atom stereocenters. The molecule has 4 heterocycles. The first kappa shape index (κ1) is 14.6. The Kier molecular flexibility index (Phi) is 3.78. The summed E-state index contributed by atoms with van der Waals surface area (Å²) >= 11 is 0. The Morgan fingerprint density at radius 3 is 3.04 bits per heavy atom. The Hall–Kier alpha value is -3.03. The van der Waals surface area contributed by atoms with Crippen LogP contribution >= 0.6 is 0 Å². The van der Waals surface area contributed by atoms with Gasteiger partial charge < -0.3 is 9.42 Å². The number of nitrogens with zero attached hydrogens (tertiary/aromatic N) is 6. The van der Waals surface area contributed by atoms with Crippen molar-refractivity contribution in [2.75, 3.05) is 13.1 Å². The van der Waals surface area contributed by atoms with Gasteiger partial charge in [-0.1, -0.05) is 11.2 Å². The average molecular weight is 324 g/mol. The Morgan fingerprint density at radius 2 is 2.25 bits per heavy atom. The van der Waals surface area contributed by atoms with Crippen molar-refractivity contribution < 1.29 is 9.32 Å². The van der Waals surface area contributed by atoms with Gasteiger partial charge in [0.15, 0.2) is 0 Å². The standard InChI is InChI=1S/C16H16N6O2/c23-14(11-22-8-3-7-18-22)21-9-5-12(10-21)16-19-15(20-24-16)13-4-1-2-6-17-13/h1-4,6-8,12H,5,9-11H2. The molecule has 1 aliphatic heterocycles. The lowest BCUT2D eigenvalue weighted by Gasteiger charge is -2.15. The van der Waals surface area contributed by atoms with Crippen LogP contribution in [0.4, 0.5) is 0 Å². The lowest BCUT2D eigenvalue weighted by molar-refractivity contribution is -0.131. The topological polar surface area (TPSA) is 89.9 Å². The van der Waals surface area contributed by atoms with E-state index in [1.165, 1.54) is 0 Å². The lowest BCUT2D eigenvalue weighted by Crippen LogP contribution is -2.31. The van der Waals surface area contributed by atoms with E-state index in [1.54, 1.807) is 29.3 Å². The quantitative estimate of drug-likeness (QED) is 0.719. The van der Waals surface area contributed by atoms with Gasteiger partial charge >= 0.3 is 0 Å². The first-order chi connectivity index (χ1) is 11.8. The highest BCUT2D eigenvalue weighted by atomic mass is 16.5. The number of rotatable bonds is 4. The first-order valence-corrected chi connectivity index (χ1v) is 7.80. The van der Waals surface area contributed by atoms with Crippen LogP contribution in [0.2, 0.25) is 0 Å². The Morgan fingerprint density at radius 1 is 1.29 bits per heavy atom. The third kappa shape index (κ3) is 2.90. The Labute approximate surface area is 138 Å². The van der Waals surface area contributed by atoms with E-state index in [-0.39, 0.29) is 18.4 Å². The largest absolute Gasteiger partial charge is 0.340 e. The minimum Gasteiger partial charge on any atom is -0.340 e. The lowest BCUT2D eigenvalue weighted by atomic mass is 10.1. The molecule has 8 heteroatoms. The van der Waals surface area contributed by atoms with Crippen LogP contribution < -0.4 is 0 Å². The highest BCUT2D eigenvalue weighted by Gasteiger charge is 2.31. The van der Waals surface area contributed by atoms with Crippen molar-refractivity contribution in [1.82, 2.24) is 29.8 Å². The molecule has 0 spiro atoms. The van der Waals surface area contributed by atoms with Crippen molar-refractivity contribution in [3.63, 3.8) is 0 Å². The van der Waals surface area contributed by atoms with Crippen LogP contribution in [0, 0.1) is 0 Å². The summed E-state index contributed by atoms with van der Waals surface area (Å²) in [6.45, 7) is 1.53. The third-order valence-electron chi connectivity index (χ3n) is 4.08. The molecule has 0 aliphatic carbocycles. The summed E-state index contributed by atoms with van der Waals surface area (Å²) in [5.41, 5.74) is 0.678. The molecule has 1 aliphatic rings. The molecule has 0 saturated carbocycles. The minimum atomic E-state index is 0.0469. The number of amides is 1. The van der Waals surface area contributed by atoms with Crippen LogP contribution in [0.3, 0.4) is 0 Å². The second kappa shape index (κ2) is 6.23. The van der Waals surface area contributed by atoms with Crippen LogP contribution in [0.25, 0.3) is 11.5 Å². The molecule has 1 saturated heterocycles. The monoisotopic (exact) mass is 324 g/mol. The fourth-order valence-electron chi connectivity index (χ4n) is 2.82. The maximum absolute atomic E-state index is 12.3. The molecule has 1 fully saturated rings. The van der Waals surface area contributed by atoms with E-state index in [0.717, 1.165) is 6.42 Å². The molecule has 3 aromatic heterocycles. The summed E-state index contributed by atoms with van der Waals surface area (Å²) in [6.07, 6.45) is 5.95. The predicted octanol–water partition coefficient (Wildman–Crippen LogP) is 1.34. The van der Waals surface area contributed by atoms with Gasteiger partial charge in [-0.3, -0.25) is 14.5 Å². The van der Waals surface area contributed by atoms with Crippen molar-refractivity contribution >= 4 is 5.91 Å². The van der Waals surface area contributed by atoms with Gasteiger partial charge in [0.2, 0.25) is 17.6 Å². The second-order valence-corrected chi connectivity index (χ2v) is 5.70. The number of hydrogen-bond donors (Lipinski definition) is 0. The summed E-state index contributed by atoms with van der Waals surface area (Å²) in [5.74, 6) is 1.15. The highest BCUT2D eigenvalue weighted by molar-refractivity contribution is 5.76. The van der Waals surface area contributed by atoms with E-state index in [0.29, 0.717) is 30.5 Å². The maximum Gasteiger partial charge on any atom is 0.244 e. The molecule has 24 heavy (non-hydrogen) atoms. The van der Waals surface area contributed by atoms with Gasteiger partial charge in [-0.25, -0.2) is 0 Å². The zero-order valence-corrected chi connectivity index (χ0v) is 12.9. The van der Waals surface area contributed by atoms with E-state index in [1.807, 2.05) is 23.1 Å². The Bertz CT molecular complexity index is 814. The van der Waals surface area contributed by atoms with Gasteiger partial charge in [0.1, 0.15) is 12.2 Å². The summed E-state index contributed by atoms with van der Waals surface area (Å²) in [4.78, 5) is 22.8. The van der Waals surface area contributed by atoms with Crippen LogP contribution in [0.1, 0.15) is 18.2 Å². The first-order valence-electron chi connectivity index (χ1n) is 7.80. The van der Waals surface area contributed by atoms with E-state index >= 15 is 0 Å². The van der Waals surface area contributed by atoms with E-state index in [9.17, 15) is 4.79 Å². The second-order valence-electron chi connectivity index (χ2n) is 5.70. The summed E-state index contributed by atoms with van der Waals surface area (Å²) in [7, 11) is 0. The number of pyridine rings is 1. The van der Waals surface area contributed by atoms with Crippen LogP contribution in [0.5, 0.6) is 0 Å². The van der Waals surface area contributed by atoms with Crippen LogP contribution in [-0.4, -0.2) is 48.8 Å². The molecule has 1 amide bonds. The van der Waals surface area contributed by atoms with Gasteiger partial charge in [0.05, 0.1) is 5.92 Å². The van der Waals surface area contributed by atoms with Crippen molar-refractivity contribution in [3.05, 3.63) is 48.7 Å². The number of hydrogen-bond acceptors (Lipinski definition) is 6. The van der Waals surface area contributed by atoms with Crippen molar-refractivity contribution in [2.45, 2.75) is 18.9 Å². The predicted molar refractivity (Wildman–Crippen MR) is 83.7 cm³/mol.